The Morgan fingerprint density at radius 2 is 2.27 bits per heavy atom. The minimum absolute atomic E-state index is 0.0245. The number of aryl methyl sites for hydroxylation is 1. The Bertz CT molecular complexity index is 459. The van der Waals surface area contributed by atoms with E-state index in [1.54, 1.807) is 23.4 Å². The molecule has 2 heterocycles. The molecule has 0 saturated heterocycles. The van der Waals surface area contributed by atoms with Crippen LogP contribution in [-0.4, -0.2) is 31.0 Å². The van der Waals surface area contributed by atoms with Crippen molar-refractivity contribution < 1.29 is 5.11 Å². The van der Waals surface area contributed by atoms with Crippen molar-refractivity contribution in [2.45, 2.75) is 6.54 Å². The minimum atomic E-state index is 0.0245. The molecule has 0 amide bonds. The van der Waals surface area contributed by atoms with Gasteiger partial charge in [-0.2, -0.15) is 5.10 Å². The number of imidazole rings is 1. The molecule has 0 bridgehead atoms. The molecular weight excluding hydrogens is 194 g/mol. The number of nitrogens with zero attached hydrogens (tertiary/aromatic N) is 4. The van der Waals surface area contributed by atoms with Crippen molar-refractivity contribution in [1.82, 2.24) is 19.3 Å². The minimum Gasteiger partial charge on any atom is -0.394 e. The first-order valence-corrected chi connectivity index (χ1v) is 4.63. The van der Waals surface area contributed by atoms with Crippen molar-refractivity contribution in [3.05, 3.63) is 18.7 Å². The lowest BCUT2D eigenvalue weighted by Gasteiger charge is -2.03. The van der Waals surface area contributed by atoms with E-state index >= 15 is 0 Å². The highest BCUT2D eigenvalue weighted by atomic mass is 16.3. The van der Waals surface area contributed by atoms with E-state index in [2.05, 4.69) is 10.1 Å². The number of nitrogen functional groups attached to an aromatic ring is 1. The number of anilines is 1. The fourth-order valence-corrected chi connectivity index (χ4v) is 1.48. The first-order valence-electron chi connectivity index (χ1n) is 4.63. The van der Waals surface area contributed by atoms with Crippen molar-refractivity contribution in [3.8, 4) is 11.3 Å². The van der Waals surface area contributed by atoms with Crippen molar-refractivity contribution >= 4 is 5.82 Å². The molecule has 2 rings (SSSR count). The number of nitrogens with two attached hydrogens (primary N) is 1. The van der Waals surface area contributed by atoms with Crippen molar-refractivity contribution in [3.63, 3.8) is 0 Å². The zero-order chi connectivity index (χ0) is 10.8. The fourth-order valence-electron chi connectivity index (χ4n) is 1.48. The van der Waals surface area contributed by atoms with Gasteiger partial charge in [-0.1, -0.05) is 0 Å². The molecule has 0 spiro atoms. The molecule has 0 unspecified atom stereocenters. The largest absolute Gasteiger partial charge is 0.394 e. The second kappa shape index (κ2) is 3.74. The molecule has 0 aliphatic heterocycles. The summed E-state index contributed by atoms with van der Waals surface area (Å²) in [7, 11) is 1.89. The summed E-state index contributed by atoms with van der Waals surface area (Å²) in [5, 5.41) is 12.9. The number of aliphatic hydroxyl groups excluding tert-OH is 1. The number of rotatable bonds is 3. The van der Waals surface area contributed by atoms with Gasteiger partial charge in [-0.05, 0) is 0 Å². The number of hydrogen-bond acceptors (Lipinski definition) is 4. The summed E-state index contributed by atoms with van der Waals surface area (Å²) in [6.45, 7) is 0.431. The molecule has 0 aliphatic rings. The van der Waals surface area contributed by atoms with E-state index in [0.717, 1.165) is 11.3 Å². The maximum absolute atomic E-state index is 8.80. The van der Waals surface area contributed by atoms with Gasteiger partial charge in [-0.15, -0.1) is 0 Å². The number of aromatic nitrogens is 4. The van der Waals surface area contributed by atoms with Crippen LogP contribution in [0.4, 0.5) is 5.82 Å². The summed E-state index contributed by atoms with van der Waals surface area (Å²) < 4.78 is 3.44. The third kappa shape index (κ3) is 1.59. The first-order chi connectivity index (χ1) is 7.24. The number of hydrogen-bond donors (Lipinski definition) is 2. The van der Waals surface area contributed by atoms with Crippen molar-refractivity contribution in [2.75, 3.05) is 12.3 Å². The Hall–Kier alpha value is -1.82. The highest BCUT2D eigenvalue weighted by Crippen LogP contribution is 2.24. The summed E-state index contributed by atoms with van der Waals surface area (Å²) in [4.78, 5) is 4.02. The maximum atomic E-state index is 8.80. The van der Waals surface area contributed by atoms with Gasteiger partial charge in [0.2, 0.25) is 0 Å². The van der Waals surface area contributed by atoms with E-state index in [0.29, 0.717) is 12.4 Å². The summed E-state index contributed by atoms with van der Waals surface area (Å²) in [5.74, 6) is 0.549. The van der Waals surface area contributed by atoms with Crippen LogP contribution in [0.1, 0.15) is 0 Å². The Labute approximate surface area is 87.0 Å². The van der Waals surface area contributed by atoms with Crippen LogP contribution in [0.3, 0.4) is 0 Å². The molecule has 2 aromatic rings. The quantitative estimate of drug-likeness (QED) is 0.733. The monoisotopic (exact) mass is 207 g/mol. The lowest BCUT2D eigenvalue weighted by Crippen LogP contribution is -2.07. The lowest BCUT2D eigenvalue weighted by molar-refractivity contribution is 0.270. The summed E-state index contributed by atoms with van der Waals surface area (Å²) in [5.41, 5.74) is 7.65. The average molecular weight is 207 g/mol. The standard InChI is InChI=1S/C9H13N5O/c1-13-6-11-5-8(13)7-4-12-14(2-3-15)9(7)10/h4-6,15H,2-3,10H2,1H3. The Morgan fingerprint density at radius 1 is 1.47 bits per heavy atom. The van der Waals surface area contributed by atoms with Crippen LogP contribution in [0.15, 0.2) is 18.7 Å². The summed E-state index contributed by atoms with van der Waals surface area (Å²) >= 11 is 0. The topological polar surface area (TPSA) is 81.9 Å². The molecule has 6 heteroatoms. The van der Waals surface area contributed by atoms with E-state index in [4.69, 9.17) is 10.8 Å². The van der Waals surface area contributed by atoms with E-state index in [1.807, 2.05) is 11.6 Å². The second-order valence-electron chi connectivity index (χ2n) is 3.28. The van der Waals surface area contributed by atoms with Crippen LogP contribution in [0.25, 0.3) is 11.3 Å². The molecule has 80 valence electrons. The van der Waals surface area contributed by atoms with E-state index < -0.39 is 0 Å². The van der Waals surface area contributed by atoms with Crippen LogP contribution >= 0.6 is 0 Å². The second-order valence-corrected chi connectivity index (χ2v) is 3.28. The molecule has 0 aromatic carbocycles. The van der Waals surface area contributed by atoms with Gasteiger partial charge in [0.05, 0.1) is 43.1 Å². The van der Waals surface area contributed by atoms with Crippen LogP contribution < -0.4 is 5.73 Å². The van der Waals surface area contributed by atoms with Crippen LogP contribution in [0.5, 0.6) is 0 Å². The maximum Gasteiger partial charge on any atom is 0.131 e. The molecule has 0 fully saturated rings. The third-order valence-electron chi connectivity index (χ3n) is 2.28. The van der Waals surface area contributed by atoms with Gasteiger partial charge in [0, 0.05) is 7.05 Å². The average Bonchev–Trinajstić information content (AvgIpc) is 2.76. The van der Waals surface area contributed by atoms with Gasteiger partial charge in [0.1, 0.15) is 5.82 Å². The molecular formula is C9H13N5O. The highest BCUT2D eigenvalue weighted by molar-refractivity contribution is 5.70. The Balaban J connectivity index is 2.42. The SMILES string of the molecule is Cn1cncc1-c1cnn(CCO)c1N. The zero-order valence-electron chi connectivity index (χ0n) is 8.46. The Kier molecular flexibility index (Phi) is 2.42. The third-order valence-corrected chi connectivity index (χ3v) is 2.28. The lowest BCUT2D eigenvalue weighted by atomic mass is 10.2. The molecule has 0 radical (unpaired) electrons. The van der Waals surface area contributed by atoms with Gasteiger partial charge in [-0.3, -0.25) is 0 Å². The molecule has 15 heavy (non-hydrogen) atoms. The van der Waals surface area contributed by atoms with Crippen molar-refractivity contribution in [2.24, 2.45) is 7.05 Å². The molecule has 3 N–H and O–H groups in total. The molecule has 2 aromatic heterocycles. The fraction of sp³-hybridized carbons (Fsp3) is 0.333. The number of aliphatic hydroxyl groups is 1. The van der Waals surface area contributed by atoms with Crippen LogP contribution in [0, 0.1) is 0 Å². The van der Waals surface area contributed by atoms with Crippen molar-refractivity contribution in [1.29, 1.82) is 0 Å². The van der Waals surface area contributed by atoms with Gasteiger partial charge in [-0.25, -0.2) is 9.67 Å². The Morgan fingerprint density at radius 3 is 2.87 bits per heavy atom. The van der Waals surface area contributed by atoms with Gasteiger partial charge >= 0.3 is 0 Å². The molecule has 6 nitrogen and oxygen atoms in total. The highest BCUT2D eigenvalue weighted by Gasteiger charge is 2.11. The van der Waals surface area contributed by atoms with Gasteiger partial charge in [0.15, 0.2) is 0 Å². The smallest absolute Gasteiger partial charge is 0.131 e. The zero-order valence-corrected chi connectivity index (χ0v) is 8.46. The van der Waals surface area contributed by atoms with Crippen LogP contribution in [-0.2, 0) is 13.6 Å². The van der Waals surface area contributed by atoms with Crippen LogP contribution in [0.2, 0.25) is 0 Å². The van der Waals surface area contributed by atoms with Gasteiger partial charge in [0.25, 0.3) is 0 Å². The van der Waals surface area contributed by atoms with E-state index in [1.165, 1.54) is 0 Å². The normalized spacial score (nSPS) is 10.8. The van der Waals surface area contributed by atoms with Gasteiger partial charge < -0.3 is 15.4 Å². The molecule has 0 aliphatic carbocycles. The molecule has 0 atom stereocenters. The van der Waals surface area contributed by atoms with E-state index in [-0.39, 0.29) is 6.61 Å². The molecule has 0 saturated carbocycles. The first kappa shape index (κ1) is 9.72. The summed E-state index contributed by atoms with van der Waals surface area (Å²) in [6, 6.07) is 0. The predicted octanol–water partition coefficient (Wildman–Crippen LogP) is -0.142. The van der Waals surface area contributed by atoms with E-state index in [9.17, 15) is 0 Å². The summed E-state index contributed by atoms with van der Waals surface area (Å²) in [6.07, 6.45) is 5.12. The predicted molar refractivity (Wildman–Crippen MR) is 55.9 cm³/mol.